The maximum absolute atomic E-state index is 13.2. The van der Waals surface area contributed by atoms with Crippen LogP contribution < -0.4 is 21.3 Å². The highest BCUT2D eigenvalue weighted by atomic mass is 35.5. The van der Waals surface area contributed by atoms with Gasteiger partial charge in [0.2, 0.25) is 11.8 Å². The average molecular weight is 425 g/mol. The lowest BCUT2D eigenvalue weighted by atomic mass is 9.96. The molecule has 10 heteroatoms. The zero-order chi connectivity index (χ0) is 18.0. The molecule has 3 rings (SSSR count). The summed E-state index contributed by atoms with van der Waals surface area (Å²) in [5.74, 6) is -3.65. The Balaban J connectivity index is 0.00000182. The first-order chi connectivity index (χ1) is 11.8. The summed E-state index contributed by atoms with van der Waals surface area (Å²) in [5, 5.41) is 5.24. The minimum Gasteiger partial charge on any atom is -0.371 e. The summed E-state index contributed by atoms with van der Waals surface area (Å²) < 4.78 is 26.4. The molecule has 2 aliphatic rings. The molecule has 1 aromatic carbocycles. The van der Waals surface area contributed by atoms with Gasteiger partial charge in [0.15, 0.2) is 0 Å². The molecular formula is C17H24Cl2F2N4O2. The Kier molecular flexibility index (Phi) is 8.25. The lowest BCUT2D eigenvalue weighted by Crippen LogP contribution is -2.38. The number of carbonyl (C=O) groups is 2. The molecule has 1 unspecified atom stereocenters. The van der Waals surface area contributed by atoms with E-state index in [0.29, 0.717) is 31.6 Å². The van der Waals surface area contributed by atoms with Crippen LogP contribution in [0.3, 0.4) is 0 Å². The molecule has 2 fully saturated rings. The predicted octanol–water partition coefficient (Wildman–Crippen LogP) is 2.17. The topological polar surface area (TPSA) is 87.5 Å². The van der Waals surface area contributed by atoms with E-state index >= 15 is 0 Å². The minimum absolute atomic E-state index is 0. The number of amides is 2. The van der Waals surface area contributed by atoms with Crippen LogP contribution in [0.25, 0.3) is 0 Å². The van der Waals surface area contributed by atoms with Crippen molar-refractivity contribution in [1.82, 2.24) is 5.32 Å². The van der Waals surface area contributed by atoms with E-state index in [1.165, 1.54) is 0 Å². The van der Waals surface area contributed by atoms with Crippen molar-refractivity contribution < 1.29 is 18.4 Å². The number of primary amides is 1. The fourth-order valence-electron chi connectivity index (χ4n) is 3.33. The number of anilines is 2. The quantitative estimate of drug-likeness (QED) is 0.690. The van der Waals surface area contributed by atoms with Gasteiger partial charge < -0.3 is 16.0 Å². The molecule has 1 atom stereocenters. The molecule has 2 amide bonds. The van der Waals surface area contributed by atoms with Crippen LogP contribution in [0.5, 0.6) is 0 Å². The largest absolute Gasteiger partial charge is 0.371 e. The zero-order valence-electron chi connectivity index (χ0n) is 14.6. The van der Waals surface area contributed by atoms with E-state index in [9.17, 15) is 18.4 Å². The lowest BCUT2D eigenvalue weighted by Gasteiger charge is -2.32. The SMILES string of the molecule is Cl.Cl.NC(=O)C1CCN(c2cccc(NC(=O)C3CC(F)(F)CN3)c2)CC1. The number of piperidine rings is 1. The standard InChI is InChI=1S/C17H22F2N4O2.2ClH/c18-17(19)9-14(21-10-17)16(25)22-12-2-1-3-13(8-12)23-6-4-11(5-7-23)15(20)24;;/h1-3,8,11,14,21H,4-7,9-10H2,(H2,20,24)(H,22,25);2*1H. The van der Waals surface area contributed by atoms with Gasteiger partial charge in [0.05, 0.1) is 12.6 Å². The summed E-state index contributed by atoms with van der Waals surface area (Å²) in [5.41, 5.74) is 6.83. The molecule has 152 valence electrons. The summed E-state index contributed by atoms with van der Waals surface area (Å²) in [6.45, 7) is 0.947. The van der Waals surface area contributed by atoms with Crippen LogP contribution in [-0.4, -0.2) is 43.4 Å². The zero-order valence-corrected chi connectivity index (χ0v) is 16.3. The summed E-state index contributed by atoms with van der Waals surface area (Å²) >= 11 is 0. The number of nitrogens with two attached hydrogens (primary N) is 1. The van der Waals surface area contributed by atoms with E-state index in [2.05, 4.69) is 15.5 Å². The second-order valence-corrected chi connectivity index (χ2v) is 6.70. The summed E-state index contributed by atoms with van der Waals surface area (Å²) in [4.78, 5) is 25.5. The van der Waals surface area contributed by atoms with Gasteiger partial charge in [-0.3, -0.25) is 14.9 Å². The average Bonchev–Trinajstić information content (AvgIpc) is 2.95. The van der Waals surface area contributed by atoms with Crippen molar-refractivity contribution in [1.29, 1.82) is 0 Å². The Morgan fingerprint density at radius 1 is 1.22 bits per heavy atom. The first-order valence-corrected chi connectivity index (χ1v) is 8.40. The lowest BCUT2D eigenvalue weighted by molar-refractivity contribution is -0.122. The van der Waals surface area contributed by atoms with Gasteiger partial charge in [-0.1, -0.05) is 6.07 Å². The second kappa shape index (κ2) is 9.52. The maximum Gasteiger partial charge on any atom is 0.262 e. The maximum atomic E-state index is 13.2. The number of nitrogens with one attached hydrogen (secondary N) is 2. The Morgan fingerprint density at radius 2 is 1.89 bits per heavy atom. The number of benzene rings is 1. The third-order valence-electron chi connectivity index (χ3n) is 4.80. The highest BCUT2D eigenvalue weighted by molar-refractivity contribution is 5.95. The Labute approximate surface area is 169 Å². The van der Waals surface area contributed by atoms with E-state index < -0.39 is 30.8 Å². The number of hydrogen-bond donors (Lipinski definition) is 3. The van der Waals surface area contributed by atoms with Gasteiger partial charge in [-0.2, -0.15) is 0 Å². The fourth-order valence-corrected chi connectivity index (χ4v) is 3.33. The summed E-state index contributed by atoms with van der Waals surface area (Å²) in [6.07, 6.45) is 0.916. The van der Waals surface area contributed by atoms with Crippen molar-refractivity contribution in [3.63, 3.8) is 0 Å². The molecular weight excluding hydrogens is 401 g/mol. The van der Waals surface area contributed by atoms with Crippen LogP contribution in [0.15, 0.2) is 24.3 Å². The van der Waals surface area contributed by atoms with Gasteiger partial charge in [0.1, 0.15) is 0 Å². The first kappa shape index (κ1) is 23.4. The number of halogens is 4. The van der Waals surface area contributed by atoms with Crippen molar-refractivity contribution in [3.05, 3.63) is 24.3 Å². The first-order valence-electron chi connectivity index (χ1n) is 8.40. The Hall–Kier alpha value is -1.64. The summed E-state index contributed by atoms with van der Waals surface area (Å²) in [6, 6.07) is 6.38. The molecule has 2 heterocycles. The second-order valence-electron chi connectivity index (χ2n) is 6.70. The van der Waals surface area contributed by atoms with Crippen LogP contribution in [0.4, 0.5) is 20.2 Å². The monoisotopic (exact) mass is 424 g/mol. The fraction of sp³-hybridized carbons (Fsp3) is 0.529. The van der Waals surface area contributed by atoms with Crippen LogP contribution in [0.1, 0.15) is 19.3 Å². The highest BCUT2D eigenvalue weighted by Gasteiger charge is 2.42. The van der Waals surface area contributed by atoms with E-state index in [1.807, 2.05) is 18.2 Å². The molecule has 0 aromatic heterocycles. The summed E-state index contributed by atoms with van der Waals surface area (Å²) in [7, 11) is 0. The molecule has 1 aromatic rings. The number of rotatable bonds is 4. The highest BCUT2D eigenvalue weighted by Crippen LogP contribution is 2.27. The molecule has 0 saturated carbocycles. The third kappa shape index (κ3) is 5.92. The van der Waals surface area contributed by atoms with Crippen molar-refractivity contribution in [2.45, 2.75) is 31.2 Å². The van der Waals surface area contributed by atoms with Gasteiger partial charge in [0.25, 0.3) is 5.92 Å². The Morgan fingerprint density at radius 3 is 2.44 bits per heavy atom. The number of carbonyl (C=O) groups excluding carboxylic acids is 2. The van der Waals surface area contributed by atoms with E-state index in [4.69, 9.17) is 5.73 Å². The van der Waals surface area contributed by atoms with Gasteiger partial charge >= 0.3 is 0 Å². The van der Waals surface area contributed by atoms with Gasteiger partial charge in [-0.05, 0) is 31.0 Å². The molecule has 6 nitrogen and oxygen atoms in total. The van der Waals surface area contributed by atoms with Crippen LogP contribution >= 0.6 is 24.8 Å². The van der Waals surface area contributed by atoms with Crippen molar-refractivity contribution in [2.24, 2.45) is 11.7 Å². The number of alkyl halides is 2. The molecule has 2 aliphatic heterocycles. The van der Waals surface area contributed by atoms with Gasteiger partial charge in [-0.15, -0.1) is 24.8 Å². The molecule has 0 radical (unpaired) electrons. The smallest absolute Gasteiger partial charge is 0.262 e. The van der Waals surface area contributed by atoms with Gasteiger partial charge in [0, 0.05) is 36.8 Å². The van der Waals surface area contributed by atoms with Gasteiger partial charge in [-0.25, -0.2) is 8.78 Å². The van der Waals surface area contributed by atoms with Crippen LogP contribution in [-0.2, 0) is 9.59 Å². The number of nitrogens with zero attached hydrogens (tertiary/aromatic N) is 1. The molecule has 0 bridgehead atoms. The van der Waals surface area contributed by atoms with E-state index in [-0.39, 0.29) is 36.6 Å². The molecule has 0 spiro atoms. The number of hydrogen-bond acceptors (Lipinski definition) is 4. The van der Waals surface area contributed by atoms with E-state index in [0.717, 1.165) is 5.69 Å². The normalized spacial score (nSPS) is 21.7. The van der Waals surface area contributed by atoms with Crippen LogP contribution in [0.2, 0.25) is 0 Å². The van der Waals surface area contributed by atoms with Crippen molar-refractivity contribution in [3.8, 4) is 0 Å². The van der Waals surface area contributed by atoms with Crippen molar-refractivity contribution in [2.75, 3.05) is 29.9 Å². The third-order valence-corrected chi connectivity index (χ3v) is 4.80. The molecule has 0 aliphatic carbocycles. The minimum atomic E-state index is -2.84. The van der Waals surface area contributed by atoms with Crippen LogP contribution in [0, 0.1) is 5.92 Å². The molecule has 2 saturated heterocycles. The predicted molar refractivity (Wildman–Crippen MR) is 105 cm³/mol. The Bertz CT molecular complexity index is 670. The van der Waals surface area contributed by atoms with Crippen molar-refractivity contribution >= 4 is 48.0 Å². The molecule has 27 heavy (non-hydrogen) atoms. The molecule has 4 N–H and O–H groups in total. The van der Waals surface area contributed by atoms with E-state index in [1.54, 1.807) is 6.07 Å².